The average Bonchev–Trinajstić information content (AvgIpc) is 2.78. The van der Waals surface area contributed by atoms with Crippen LogP contribution in [0, 0.1) is 23.4 Å². The second-order valence-electron chi connectivity index (χ2n) is 8.29. The first-order chi connectivity index (χ1) is 15.8. The molecule has 33 heavy (non-hydrogen) atoms. The standard InChI is InChI=1S/C25H23F3N2O3/c1-13-14(2)33-23(11-21(13)31)16-8-9-29-12-15(16)10-22(32)20-7-6-19(28)25(30-20)24-17(26)4-3-5-18(24)27/h3-9,12-14,21,23,31H,10-11H2,1-2H3/t13-,14-,21-,23-/m1/s1. The molecule has 0 saturated carbocycles. The third-order valence-corrected chi connectivity index (χ3v) is 6.15. The van der Waals surface area contributed by atoms with E-state index >= 15 is 0 Å². The summed E-state index contributed by atoms with van der Waals surface area (Å²) in [4.78, 5) is 21.0. The summed E-state index contributed by atoms with van der Waals surface area (Å²) in [5, 5.41) is 10.4. The van der Waals surface area contributed by atoms with Gasteiger partial charge in [0.05, 0.1) is 23.9 Å². The first-order valence-corrected chi connectivity index (χ1v) is 10.7. The molecule has 3 aromatic rings. The molecule has 5 nitrogen and oxygen atoms in total. The number of nitrogens with zero attached hydrogens (tertiary/aromatic N) is 2. The molecule has 1 saturated heterocycles. The molecule has 1 aromatic carbocycles. The second kappa shape index (κ2) is 9.41. The highest BCUT2D eigenvalue weighted by Crippen LogP contribution is 2.36. The van der Waals surface area contributed by atoms with Crippen molar-refractivity contribution in [2.75, 3.05) is 0 Å². The zero-order valence-corrected chi connectivity index (χ0v) is 18.1. The zero-order valence-electron chi connectivity index (χ0n) is 18.1. The molecule has 2 aromatic heterocycles. The van der Waals surface area contributed by atoms with Gasteiger partial charge in [0.2, 0.25) is 0 Å². The van der Waals surface area contributed by atoms with Crippen molar-refractivity contribution in [2.24, 2.45) is 5.92 Å². The summed E-state index contributed by atoms with van der Waals surface area (Å²) in [6.45, 7) is 3.80. The van der Waals surface area contributed by atoms with Crippen LogP contribution in [0.5, 0.6) is 0 Å². The van der Waals surface area contributed by atoms with E-state index in [0.29, 0.717) is 12.0 Å². The third kappa shape index (κ3) is 4.67. The zero-order chi connectivity index (χ0) is 23.7. The summed E-state index contributed by atoms with van der Waals surface area (Å²) in [6, 6.07) is 7.04. The molecule has 172 valence electrons. The smallest absolute Gasteiger partial charge is 0.185 e. The quantitative estimate of drug-likeness (QED) is 0.557. The molecule has 8 heteroatoms. The number of halogens is 3. The second-order valence-corrected chi connectivity index (χ2v) is 8.29. The minimum absolute atomic E-state index is 0.0196. The van der Waals surface area contributed by atoms with Gasteiger partial charge >= 0.3 is 0 Å². The van der Waals surface area contributed by atoms with Crippen molar-refractivity contribution in [1.29, 1.82) is 0 Å². The van der Waals surface area contributed by atoms with Gasteiger partial charge in [0.15, 0.2) is 5.78 Å². The van der Waals surface area contributed by atoms with E-state index in [4.69, 9.17) is 4.74 Å². The lowest BCUT2D eigenvalue weighted by Crippen LogP contribution is -2.38. The molecule has 4 atom stereocenters. The molecule has 0 radical (unpaired) electrons. The van der Waals surface area contributed by atoms with Crippen LogP contribution < -0.4 is 0 Å². The highest BCUT2D eigenvalue weighted by atomic mass is 19.1. The Bertz CT molecular complexity index is 1160. The van der Waals surface area contributed by atoms with Gasteiger partial charge in [-0.05, 0) is 48.4 Å². The predicted molar refractivity (Wildman–Crippen MR) is 115 cm³/mol. The van der Waals surface area contributed by atoms with Crippen LogP contribution in [0.4, 0.5) is 13.2 Å². The van der Waals surface area contributed by atoms with Gasteiger partial charge in [-0.15, -0.1) is 0 Å². The van der Waals surface area contributed by atoms with Crippen LogP contribution in [0.1, 0.15) is 48.0 Å². The first-order valence-electron chi connectivity index (χ1n) is 10.7. The fraction of sp³-hybridized carbons (Fsp3) is 0.320. The lowest BCUT2D eigenvalue weighted by molar-refractivity contribution is -0.125. The monoisotopic (exact) mass is 456 g/mol. The van der Waals surface area contributed by atoms with Gasteiger partial charge in [0.25, 0.3) is 0 Å². The minimum atomic E-state index is -0.975. The Morgan fingerprint density at radius 2 is 1.82 bits per heavy atom. The number of rotatable bonds is 5. The van der Waals surface area contributed by atoms with E-state index in [0.717, 1.165) is 29.8 Å². The molecular weight excluding hydrogens is 433 g/mol. The number of pyridine rings is 2. The number of carbonyl (C=O) groups is 1. The number of ether oxygens (including phenoxy) is 1. The van der Waals surface area contributed by atoms with E-state index in [-0.39, 0.29) is 24.1 Å². The summed E-state index contributed by atoms with van der Waals surface area (Å²) >= 11 is 0. The summed E-state index contributed by atoms with van der Waals surface area (Å²) in [7, 11) is 0. The molecule has 0 unspecified atom stereocenters. The van der Waals surface area contributed by atoms with E-state index in [1.807, 2.05) is 13.8 Å². The highest BCUT2D eigenvalue weighted by Gasteiger charge is 2.34. The van der Waals surface area contributed by atoms with Crippen LogP contribution >= 0.6 is 0 Å². The van der Waals surface area contributed by atoms with Crippen molar-refractivity contribution < 1.29 is 27.8 Å². The summed E-state index contributed by atoms with van der Waals surface area (Å²) in [6.07, 6.45) is 2.23. The van der Waals surface area contributed by atoms with Gasteiger partial charge < -0.3 is 9.84 Å². The Balaban J connectivity index is 1.63. The number of carbonyl (C=O) groups excluding carboxylic acids is 1. The maximum atomic E-state index is 14.4. The Morgan fingerprint density at radius 3 is 2.52 bits per heavy atom. The third-order valence-electron chi connectivity index (χ3n) is 6.15. The van der Waals surface area contributed by atoms with E-state index in [2.05, 4.69) is 9.97 Å². The number of Topliss-reactive ketones (excluding diaryl/α,β-unsaturated/α-hetero) is 1. The Morgan fingerprint density at radius 1 is 1.09 bits per heavy atom. The van der Waals surface area contributed by atoms with Crippen LogP contribution in [0.2, 0.25) is 0 Å². The number of aliphatic hydroxyl groups is 1. The molecule has 4 rings (SSSR count). The largest absolute Gasteiger partial charge is 0.393 e. The molecular formula is C25H23F3N2O3. The molecule has 0 aliphatic carbocycles. The Kier molecular flexibility index (Phi) is 6.58. The van der Waals surface area contributed by atoms with Gasteiger partial charge in [0, 0.05) is 31.2 Å². The maximum absolute atomic E-state index is 14.4. The van der Waals surface area contributed by atoms with Crippen LogP contribution in [-0.4, -0.2) is 33.1 Å². The average molecular weight is 456 g/mol. The van der Waals surface area contributed by atoms with Crippen LogP contribution in [0.25, 0.3) is 11.3 Å². The fourth-order valence-corrected chi connectivity index (χ4v) is 4.05. The van der Waals surface area contributed by atoms with Crippen LogP contribution in [-0.2, 0) is 11.2 Å². The molecule has 1 aliphatic heterocycles. The van der Waals surface area contributed by atoms with Crippen molar-refractivity contribution in [2.45, 2.75) is 45.0 Å². The van der Waals surface area contributed by atoms with E-state index in [9.17, 15) is 23.1 Å². The lowest BCUT2D eigenvalue weighted by atomic mass is 9.87. The van der Waals surface area contributed by atoms with Crippen molar-refractivity contribution >= 4 is 5.78 Å². The predicted octanol–water partition coefficient (Wildman–Crippen LogP) is 4.83. The maximum Gasteiger partial charge on any atom is 0.185 e. The van der Waals surface area contributed by atoms with Crippen molar-refractivity contribution in [3.8, 4) is 11.3 Å². The Labute approximate surface area is 189 Å². The number of aliphatic hydroxyl groups excluding tert-OH is 1. The number of benzene rings is 1. The normalized spacial score (nSPS) is 22.8. The van der Waals surface area contributed by atoms with Gasteiger partial charge in [0.1, 0.15) is 28.8 Å². The molecule has 3 heterocycles. The minimum Gasteiger partial charge on any atom is -0.393 e. The van der Waals surface area contributed by atoms with Crippen molar-refractivity contribution in [3.63, 3.8) is 0 Å². The Hall–Kier alpha value is -3.10. The number of ketones is 1. The van der Waals surface area contributed by atoms with Crippen molar-refractivity contribution in [1.82, 2.24) is 9.97 Å². The number of aromatic nitrogens is 2. The molecule has 0 amide bonds. The first kappa shape index (κ1) is 23.1. The van der Waals surface area contributed by atoms with Gasteiger partial charge in [-0.25, -0.2) is 18.2 Å². The fourth-order valence-electron chi connectivity index (χ4n) is 4.05. The van der Waals surface area contributed by atoms with Crippen molar-refractivity contribution in [3.05, 3.63) is 83.1 Å². The summed E-state index contributed by atoms with van der Waals surface area (Å²) in [5.41, 5.74) is -0.0240. The number of hydrogen-bond donors (Lipinski definition) is 1. The van der Waals surface area contributed by atoms with Gasteiger partial charge in [-0.3, -0.25) is 9.78 Å². The molecule has 0 bridgehead atoms. The molecule has 0 spiro atoms. The molecule has 1 N–H and O–H groups in total. The van der Waals surface area contributed by atoms with Crippen LogP contribution in [0.15, 0.2) is 48.8 Å². The summed E-state index contributed by atoms with van der Waals surface area (Å²) < 4.78 is 48.8. The number of hydrogen-bond acceptors (Lipinski definition) is 5. The topological polar surface area (TPSA) is 72.3 Å². The molecule has 1 aliphatic rings. The lowest BCUT2D eigenvalue weighted by Gasteiger charge is -2.37. The molecule has 1 fully saturated rings. The van der Waals surface area contributed by atoms with Crippen LogP contribution in [0.3, 0.4) is 0 Å². The van der Waals surface area contributed by atoms with Gasteiger partial charge in [-0.2, -0.15) is 0 Å². The van der Waals surface area contributed by atoms with Gasteiger partial charge in [-0.1, -0.05) is 13.0 Å². The van der Waals surface area contributed by atoms with E-state index in [1.165, 1.54) is 12.3 Å². The summed E-state index contributed by atoms with van der Waals surface area (Å²) in [5.74, 6) is -3.38. The highest BCUT2D eigenvalue weighted by molar-refractivity contribution is 5.96. The van der Waals surface area contributed by atoms with E-state index in [1.54, 1.807) is 12.3 Å². The van der Waals surface area contributed by atoms with E-state index < -0.39 is 46.7 Å². The SMILES string of the molecule is C[C@H]1[C@H](O)C[C@H](c2ccncc2CC(=O)c2ccc(F)c(-c3c(F)cccc3F)n2)O[C@@H]1C.